The zero-order chi connectivity index (χ0) is 12.8. The minimum Gasteiger partial charge on any atom is -0.306 e. The van der Waals surface area contributed by atoms with Crippen molar-refractivity contribution in [2.45, 2.75) is 13.5 Å². The third-order valence-electron chi connectivity index (χ3n) is 2.71. The topological polar surface area (TPSA) is 24.4 Å². The van der Waals surface area contributed by atoms with Crippen LogP contribution in [0.25, 0.3) is 0 Å². The van der Waals surface area contributed by atoms with Gasteiger partial charge in [0.2, 0.25) is 0 Å². The fraction of sp³-hybridized carbons (Fsp3) is 0.133. The molecule has 0 fully saturated rings. The maximum atomic E-state index is 6.05. The molecule has 0 radical (unpaired) electrons. The molecule has 0 aliphatic heterocycles. The summed E-state index contributed by atoms with van der Waals surface area (Å²) in [7, 11) is 0. The standard InChI is InChI=1S/C15H15ClN2/c1-12-6-2-3-7-13(12)10-17-18-11-14-8-4-5-9-15(14)16/h2-10,18H,11H2,1H3/b17-10-. The van der Waals surface area contributed by atoms with E-state index in [-0.39, 0.29) is 0 Å². The van der Waals surface area contributed by atoms with Gasteiger partial charge in [0.1, 0.15) is 0 Å². The van der Waals surface area contributed by atoms with Gasteiger partial charge in [0.15, 0.2) is 0 Å². The first-order valence-electron chi connectivity index (χ1n) is 5.82. The number of benzene rings is 2. The second-order valence-electron chi connectivity index (χ2n) is 4.04. The highest BCUT2D eigenvalue weighted by atomic mass is 35.5. The molecule has 0 aromatic heterocycles. The maximum absolute atomic E-state index is 6.05. The van der Waals surface area contributed by atoms with Crippen LogP contribution in [0.5, 0.6) is 0 Å². The number of hydrazone groups is 1. The van der Waals surface area contributed by atoms with Gasteiger partial charge in [-0.25, -0.2) is 0 Å². The molecule has 2 nitrogen and oxygen atoms in total. The third kappa shape index (κ3) is 3.34. The fourth-order valence-corrected chi connectivity index (χ4v) is 1.82. The Morgan fingerprint density at radius 3 is 2.61 bits per heavy atom. The van der Waals surface area contributed by atoms with Gasteiger partial charge in [-0.1, -0.05) is 54.1 Å². The van der Waals surface area contributed by atoms with E-state index in [1.165, 1.54) is 5.56 Å². The molecule has 2 aromatic rings. The molecule has 92 valence electrons. The van der Waals surface area contributed by atoms with Gasteiger partial charge in [0, 0.05) is 5.02 Å². The first-order chi connectivity index (χ1) is 8.77. The van der Waals surface area contributed by atoms with Gasteiger partial charge in [0.25, 0.3) is 0 Å². The van der Waals surface area contributed by atoms with Crippen LogP contribution in [0, 0.1) is 6.92 Å². The normalized spacial score (nSPS) is 10.8. The summed E-state index contributed by atoms with van der Waals surface area (Å²) in [6.07, 6.45) is 1.83. The summed E-state index contributed by atoms with van der Waals surface area (Å²) in [5, 5.41) is 4.97. The highest BCUT2D eigenvalue weighted by molar-refractivity contribution is 6.31. The van der Waals surface area contributed by atoms with E-state index in [4.69, 9.17) is 11.6 Å². The minimum absolute atomic E-state index is 0.627. The third-order valence-corrected chi connectivity index (χ3v) is 3.08. The van der Waals surface area contributed by atoms with Crippen molar-refractivity contribution in [1.29, 1.82) is 0 Å². The molecule has 3 heteroatoms. The van der Waals surface area contributed by atoms with Crippen molar-refractivity contribution >= 4 is 17.8 Å². The van der Waals surface area contributed by atoms with E-state index in [1.807, 2.05) is 48.7 Å². The molecule has 0 aliphatic rings. The minimum atomic E-state index is 0.627. The predicted molar refractivity (Wildman–Crippen MR) is 77.1 cm³/mol. The van der Waals surface area contributed by atoms with Crippen molar-refractivity contribution in [2.24, 2.45) is 5.10 Å². The van der Waals surface area contributed by atoms with E-state index in [2.05, 4.69) is 23.5 Å². The molecule has 0 aliphatic carbocycles. The Morgan fingerprint density at radius 2 is 1.83 bits per heavy atom. The van der Waals surface area contributed by atoms with E-state index in [0.717, 1.165) is 16.1 Å². The first-order valence-corrected chi connectivity index (χ1v) is 6.20. The summed E-state index contributed by atoms with van der Waals surface area (Å²) >= 11 is 6.05. The molecule has 2 aromatic carbocycles. The Hall–Kier alpha value is -1.80. The van der Waals surface area contributed by atoms with Crippen LogP contribution in [0.15, 0.2) is 53.6 Å². The van der Waals surface area contributed by atoms with Gasteiger partial charge in [0.05, 0.1) is 12.8 Å². The molecule has 0 bridgehead atoms. The summed E-state index contributed by atoms with van der Waals surface area (Å²) in [5.41, 5.74) is 6.37. The monoisotopic (exact) mass is 258 g/mol. The molecule has 2 rings (SSSR count). The average Bonchev–Trinajstić information content (AvgIpc) is 2.38. The lowest BCUT2D eigenvalue weighted by Crippen LogP contribution is -2.06. The molecule has 0 unspecified atom stereocenters. The van der Waals surface area contributed by atoms with Crippen LogP contribution in [0.3, 0.4) is 0 Å². The Bertz CT molecular complexity index is 550. The fourth-order valence-electron chi connectivity index (χ4n) is 1.62. The number of nitrogens with zero attached hydrogens (tertiary/aromatic N) is 1. The smallest absolute Gasteiger partial charge is 0.0594 e. The molecule has 0 heterocycles. The summed E-state index contributed by atoms with van der Waals surface area (Å²) in [4.78, 5) is 0. The lowest BCUT2D eigenvalue weighted by atomic mass is 10.1. The zero-order valence-electron chi connectivity index (χ0n) is 10.2. The second kappa shape index (κ2) is 6.22. The van der Waals surface area contributed by atoms with Gasteiger partial charge in [-0.15, -0.1) is 0 Å². The number of rotatable bonds is 4. The van der Waals surface area contributed by atoms with Crippen molar-refractivity contribution in [3.05, 3.63) is 70.2 Å². The van der Waals surface area contributed by atoms with Crippen LogP contribution >= 0.6 is 11.6 Å². The molecular formula is C15H15ClN2. The van der Waals surface area contributed by atoms with Crippen LogP contribution in [0.1, 0.15) is 16.7 Å². The van der Waals surface area contributed by atoms with Gasteiger partial charge >= 0.3 is 0 Å². The second-order valence-corrected chi connectivity index (χ2v) is 4.45. The highest BCUT2D eigenvalue weighted by Crippen LogP contribution is 2.14. The number of hydrogen-bond acceptors (Lipinski definition) is 2. The van der Waals surface area contributed by atoms with Gasteiger partial charge < -0.3 is 5.43 Å². The van der Waals surface area contributed by atoms with E-state index in [0.29, 0.717) is 6.54 Å². The lowest BCUT2D eigenvalue weighted by Gasteiger charge is -2.03. The largest absolute Gasteiger partial charge is 0.306 e. The molecule has 0 saturated heterocycles. The van der Waals surface area contributed by atoms with Crippen LogP contribution in [-0.2, 0) is 6.54 Å². The van der Waals surface area contributed by atoms with Crippen LogP contribution in [0.2, 0.25) is 5.02 Å². The van der Waals surface area contributed by atoms with Gasteiger partial charge in [-0.05, 0) is 29.7 Å². The number of nitrogens with one attached hydrogen (secondary N) is 1. The summed E-state index contributed by atoms with van der Waals surface area (Å²) in [6.45, 7) is 2.69. The quantitative estimate of drug-likeness (QED) is 0.655. The maximum Gasteiger partial charge on any atom is 0.0594 e. The lowest BCUT2D eigenvalue weighted by molar-refractivity contribution is 0.748. The van der Waals surface area contributed by atoms with E-state index in [1.54, 1.807) is 0 Å². The van der Waals surface area contributed by atoms with E-state index < -0.39 is 0 Å². The van der Waals surface area contributed by atoms with Crippen molar-refractivity contribution in [3.63, 3.8) is 0 Å². The molecule has 18 heavy (non-hydrogen) atoms. The summed E-state index contributed by atoms with van der Waals surface area (Å²) < 4.78 is 0. The Balaban J connectivity index is 1.93. The first kappa shape index (κ1) is 12.7. The number of aryl methyl sites for hydroxylation is 1. The highest BCUT2D eigenvalue weighted by Gasteiger charge is 1.96. The van der Waals surface area contributed by atoms with Crippen molar-refractivity contribution in [1.82, 2.24) is 5.43 Å². The Labute approximate surface area is 112 Å². The van der Waals surface area contributed by atoms with Crippen LogP contribution in [-0.4, -0.2) is 6.21 Å². The van der Waals surface area contributed by atoms with E-state index in [9.17, 15) is 0 Å². The average molecular weight is 259 g/mol. The molecule has 1 N–H and O–H groups in total. The number of hydrogen-bond donors (Lipinski definition) is 1. The Morgan fingerprint density at radius 1 is 1.11 bits per heavy atom. The van der Waals surface area contributed by atoms with Crippen LogP contribution in [0.4, 0.5) is 0 Å². The molecule has 0 amide bonds. The van der Waals surface area contributed by atoms with Gasteiger partial charge in [-0.2, -0.15) is 5.10 Å². The zero-order valence-corrected chi connectivity index (χ0v) is 11.0. The Kier molecular flexibility index (Phi) is 4.37. The van der Waals surface area contributed by atoms with Crippen molar-refractivity contribution in [3.8, 4) is 0 Å². The number of halogens is 1. The SMILES string of the molecule is Cc1ccccc1/C=N\NCc1ccccc1Cl. The molecular weight excluding hydrogens is 244 g/mol. The van der Waals surface area contributed by atoms with Gasteiger partial charge in [-0.3, -0.25) is 0 Å². The van der Waals surface area contributed by atoms with E-state index >= 15 is 0 Å². The summed E-state index contributed by atoms with van der Waals surface area (Å²) in [5.74, 6) is 0. The van der Waals surface area contributed by atoms with Crippen molar-refractivity contribution in [2.75, 3.05) is 0 Å². The molecule has 0 atom stereocenters. The van der Waals surface area contributed by atoms with Crippen molar-refractivity contribution < 1.29 is 0 Å². The van der Waals surface area contributed by atoms with Crippen LogP contribution < -0.4 is 5.43 Å². The molecule has 0 saturated carbocycles. The molecule has 0 spiro atoms. The predicted octanol–water partition coefficient (Wildman–Crippen LogP) is 3.77. The summed E-state index contributed by atoms with van der Waals surface area (Å²) in [6, 6.07) is 15.9.